The number of imidazole rings is 1. The Morgan fingerprint density at radius 3 is 2.31 bits per heavy atom. The second kappa shape index (κ2) is 10.5. The van der Waals surface area contributed by atoms with Crippen molar-refractivity contribution in [1.82, 2.24) is 9.55 Å². The highest BCUT2D eigenvalue weighted by Gasteiger charge is 2.11. The first-order valence-electron chi connectivity index (χ1n) is 10.3. The number of aromatic nitrogens is 2. The Hall–Kier alpha value is -1.61. The lowest BCUT2D eigenvalue weighted by Crippen LogP contribution is -2.04. The second-order valence-corrected chi connectivity index (χ2v) is 8.29. The summed E-state index contributed by atoms with van der Waals surface area (Å²) in [5.74, 6) is 1.22. The highest BCUT2D eigenvalue weighted by atomic mass is 32.1. The summed E-state index contributed by atoms with van der Waals surface area (Å²) >= 11 is 1.83. The fraction of sp³-hybridized carbons (Fsp3) is 0.522. The molecular weight excluding hydrogens is 336 g/mol. The molecule has 0 fully saturated rings. The number of aryl methyl sites for hydroxylation is 1. The van der Waals surface area contributed by atoms with Crippen molar-refractivity contribution in [2.24, 2.45) is 0 Å². The topological polar surface area (TPSA) is 17.8 Å². The van der Waals surface area contributed by atoms with Crippen LogP contribution in [0.1, 0.15) is 75.4 Å². The van der Waals surface area contributed by atoms with Crippen molar-refractivity contribution in [2.75, 3.05) is 0 Å². The van der Waals surface area contributed by atoms with Crippen LogP contribution in [0.15, 0.2) is 41.8 Å². The Bertz CT molecular complexity index is 758. The lowest BCUT2D eigenvalue weighted by Gasteiger charge is -2.09. The smallest absolute Gasteiger partial charge is 0.115 e. The van der Waals surface area contributed by atoms with Gasteiger partial charge in [0.2, 0.25) is 0 Å². The molecule has 1 aromatic carbocycles. The molecule has 0 radical (unpaired) electrons. The van der Waals surface area contributed by atoms with Crippen LogP contribution in [0.3, 0.4) is 0 Å². The van der Waals surface area contributed by atoms with Gasteiger partial charge in [-0.05, 0) is 30.0 Å². The average Bonchev–Trinajstić information content (AvgIpc) is 3.28. The Labute approximate surface area is 162 Å². The van der Waals surface area contributed by atoms with Gasteiger partial charge in [-0.3, -0.25) is 0 Å². The molecule has 0 saturated heterocycles. The van der Waals surface area contributed by atoms with Gasteiger partial charge in [-0.15, -0.1) is 11.3 Å². The number of nitrogens with zero attached hydrogens (tertiary/aromatic N) is 2. The Kier molecular flexibility index (Phi) is 7.75. The predicted octanol–water partition coefficient (Wildman–Crippen LogP) is 7.22. The molecule has 2 aromatic heterocycles. The number of para-hydroxylation sites is 2. The second-order valence-electron chi connectivity index (χ2n) is 7.25. The summed E-state index contributed by atoms with van der Waals surface area (Å²) in [5, 5.41) is 2.16. The molecule has 26 heavy (non-hydrogen) atoms. The van der Waals surface area contributed by atoms with Crippen LogP contribution >= 0.6 is 11.3 Å². The van der Waals surface area contributed by atoms with Crippen molar-refractivity contribution in [3.8, 4) is 0 Å². The molecule has 3 aromatic rings. The minimum atomic E-state index is 0.948. The number of hydrogen-bond acceptors (Lipinski definition) is 2. The van der Waals surface area contributed by atoms with Gasteiger partial charge >= 0.3 is 0 Å². The summed E-state index contributed by atoms with van der Waals surface area (Å²) in [4.78, 5) is 6.31. The summed E-state index contributed by atoms with van der Waals surface area (Å²) in [6.07, 6.45) is 13.3. The summed E-state index contributed by atoms with van der Waals surface area (Å²) in [5.41, 5.74) is 2.42. The van der Waals surface area contributed by atoms with Gasteiger partial charge < -0.3 is 4.57 Å². The molecule has 2 heterocycles. The molecule has 140 valence electrons. The van der Waals surface area contributed by atoms with Crippen LogP contribution in [0.2, 0.25) is 0 Å². The third kappa shape index (κ3) is 5.44. The zero-order chi connectivity index (χ0) is 18.0. The van der Waals surface area contributed by atoms with Gasteiger partial charge in [-0.2, -0.15) is 0 Å². The Morgan fingerprint density at radius 2 is 1.58 bits per heavy atom. The number of unbranched alkanes of at least 4 members (excludes halogenated alkanes) is 8. The van der Waals surface area contributed by atoms with Crippen LogP contribution in [0.25, 0.3) is 11.0 Å². The van der Waals surface area contributed by atoms with Crippen LogP contribution in [-0.2, 0) is 13.0 Å². The van der Waals surface area contributed by atoms with E-state index in [4.69, 9.17) is 4.98 Å². The zero-order valence-corrected chi connectivity index (χ0v) is 16.9. The van der Waals surface area contributed by atoms with E-state index in [-0.39, 0.29) is 0 Å². The normalized spacial score (nSPS) is 11.4. The summed E-state index contributed by atoms with van der Waals surface area (Å²) in [7, 11) is 0. The van der Waals surface area contributed by atoms with E-state index < -0.39 is 0 Å². The largest absolute Gasteiger partial charge is 0.328 e. The molecule has 0 bridgehead atoms. The van der Waals surface area contributed by atoms with Crippen molar-refractivity contribution in [2.45, 2.75) is 77.7 Å². The van der Waals surface area contributed by atoms with E-state index in [1.807, 2.05) is 11.3 Å². The molecule has 3 heteroatoms. The third-order valence-corrected chi connectivity index (χ3v) is 6.01. The molecule has 0 aliphatic rings. The maximum absolute atomic E-state index is 4.91. The van der Waals surface area contributed by atoms with Crippen LogP contribution in [0, 0.1) is 0 Å². The van der Waals surface area contributed by atoms with Gasteiger partial charge in [-0.1, -0.05) is 76.5 Å². The standard InChI is InChI=1S/C23H32N2S/c1-2-3-4-5-6-7-8-9-12-17-25-22-16-11-10-15-21(22)24-23(25)19-20-14-13-18-26-20/h10-11,13-16,18H,2-9,12,17,19H2,1H3. The first-order valence-corrected chi connectivity index (χ1v) is 11.2. The van der Waals surface area contributed by atoms with E-state index in [0.29, 0.717) is 0 Å². The van der Waals surface area contributed by atoms with Gasteiger partial charge in [0.25, 0.3) is 0 Å². The maximum Gasteiger partial charge on any atom is 0.115 e. The van der Waals surface area contributed by atoms with Crippen molar-refractivity contribution in [3.05, 3.63) is 52.5 Å². The fourth-order valence-corrected chi connectivity index (χ4v) is 4.36. The Morgan fingerprint density at radius 1 is 0.846 bits per heavy atom. The summed E-state index contributed by atoms with van der Waals surface area (Å²) < 4.78 is 2.45. The zero-order valence-electron chi connectivity index (χ0n) is 16.1. The van der Waals surface area contributed by atoms with Gasteiger partial charge in [0.05, 0.1) is 11.0 Å². The number of hydrogen-bond donors (Lipinski definition) is 0. The van der Waals surface area contributed by atoms with E-state index in [1.54, 1.807) is 0 Å². The molecule has 0 spiro atoms. The molecule has 0 saturated carbocycles. The highest BCUT2D eigenvalue weighted by Crippen LogP contribution is 2.21. The first kappa shape index (κ1) is 19.2. The molecule has 0 aliphatic heterocycles. The lowest BCUT2D eigenvalue weighted by atomic mass is 10.1. The summed E-state index contributed by atoms with van der Waals surface area (Å²) in [6.45, 7) is 3.38. The molecule has 0 atom stereocenters. The maximum atomic E-state index is 4.91. The van der Waals surface area contributed by atoms with E-state index >= 15 is 0 Å². The number of rotatable bonds is 12. The summed E-state index contributed by atoms with van der Waals surface area (Å²) in [6, 6.07) is 12.9. The van der Waals surface area contributed by atoms with Crippen molar-refractivity contribution in [1.29, 1.82) is 0 Å². The first-order chi connectivity index (χ1) is 12.9. The molecular formula is C23H32N2S. The monoisotopic (exact) mass is 368 g/mol. The van der Waals surface area contributed by atoms with Gasteiger partial charge in [0, 0.05) is 17.8 Å². The SMILES string of the molecule is CCCCCCCCCCCn1c(Cc2cccs2)nc2ccccc21. The van der Waals surface area contributed by atoms with Crippen LogP contribution in [-0.4, -0.2) is 9.55 Å². The van der Waals surface area contributed by atoms with Crippen molar-refractivity contribution < 1.29 is 0 Å². The van der Waals surface area contributed by atoms with Crippen molar-refractivity contribution in [3.63, 3.8) is 0 Å². The van der Waals surface area contributed by atoms with E-state index in [2.05, 4.69) is 53.3 Å². The average molecular weight is 369 g/mol. The minimum absolute atomic E-state index is 0.948. The molecule has 2 nitrogen and oxygen atoms in total. The van der Waals surface area contributed by atoms with Crippen LogP contribution in [0.5, 0.6) is 0 Å². The van der Waals surface area contributed by atoms with E-state index in [1.165, 1.54) is 74.0 Å². The minimum Gasteiger partial charge on any atom is -0.328 e. The quantitative estimate of drug-likeness (QED) is 0.309. The predicted molar refractivity (Wildman–Crippen MR) is 114 cm³/mol. The van der Waals surface area contributed by atoms with Crippen LogP contribution < -0.4 is 0 Å². The molecule has 0 aliphatic carbocycles. The van der Waals surface area contributed by atoms with E-state index in [9.17, 15) is 0 Å². The van der Waals surface area contributed by atoms with Gasteiger partial charge in [0.15, 0.2) is 0 Å². The molecule has 0 amide bonds. The van der Waals surface area contributed by atoms with E-state index in [0.717, 1.165) is 18.5 Å². The van der Waals surface area contributed by atoms with Crippen LogP contribution in [0.4, 0.5) is 0 Å². The third-order valence-electron chi connectivity index (χ3n) is 5.13. The lowest BCUT2D eigenvalue weighted by molar-refractivity contribution is 0.537. The van der Waals surface area contributed by atoms with Gasteiger partial charge in [0.1, 0.15) is 5.82 Å². The highest BCUT2D eigenvalue weighted by molar-refractivity contribution is 7.09. The van der Waals surface area contributed by atoms with Crippen molar-refractivity contribution >= 4 is 22.4 Å². The number of thiophene rings is 1. The number of fused-ring (bicyclic) bond motifs is 1. The molecule has 0 N–H and O–H groups in total. The Balaban J connectivity index is 1.51. The molecule has 0 unspecified atom stereocenters. The van der Waals surface area contributed by atoms with Gasteiger partial charge in [-0.25, -0.2) is 4.98 Å². The number of benzene rings is 1. The molecule has 3 rings (SSSR count). The fourth-order valence-electron chi connectivity index (χ4n) is 3.66.